The fourth-order valence-electron chi connectivity index (χ4n) is 1.97. The van der Waals surface area contributed by atoms with E-state index in [1.807, 2.05) is 0 Å². The molecule has 0 amide bonds. The topological polar surface area (TPSA) is 90.2 Å². The molecule has 0 aliphatic heterocycles. The number of ether oxygens (including phenoxy) is 1. The fourth-order valence-corrected chi connectivity index (χ4v) is 1.97. The highest BCUT2D eigenvalue weighted by molar-refractivity contribution is 5.51. The van der Waals surface area contributed by atoms with E-state index >= 15 is 0 Å². The Morgan fingerprint density at radius 3 is 2.00 bits per heavy atom. The molecule has 5 nitrogen and oxygen atoms in total. The second-order valence-electron chi connectivity index (χ2n) is 4.49. The van der Waals surface area contributed by atoms with Crippen LogP contribution in [0.4, 0.5) is 0 Å². The van der Waals surface area contributed by atoms with E-state index in [0.29, 0.717) is 24.2 Å². The van der Waals surface area contributed by atoms with E-state index in [1.54, 1.807) is 18.2 Å². The normalized spacial score (nSPS) is 10.4. The van der Waals surface area contributed by atoms with Crippen LogP contribution in [0.3, 0.4) is 0 Å². The molecule has 4 N–H and O–H groups in total. The van der Waals surface area contributed by atoms with Gasteiger partial charge >= 0.3 is 0 Å². The Kier molecular flexibility index (Phi) is 3.89. The minimum Gasteiger partial charge on any atom is -0.504 e. The summed E-state index contributed by atoms with van der Waals surface area (Å²) in [5.74, 6) is -0.721. The lowest BCUT2D eigenvalue weighted by Crippen LogP contribution is -1.93. The number of benzene rings is 2. The molecular formula is C15H16O5. The van der Waals surface area contributed by atoms with Crippen molar-refractivity contribution in [2.45, 2.75) is 12.8 Å². The Morgan fingerprint density at radius 2 is 1.40 bits per heavy atom. The zero-order valence-corrected chi connectivity index (χ0v) is 11.0. The first-order chi connectivity index (χ1) is 9.51. The highest BCUT2D eigenvalue weighted by atomic mass is 16.5. The molecular weight excluding hydrogens is 260 g/mol. The first-order valence-corrected chi connectivity index (χ1v) is 6.11. The van der Waals surface area contributed by atoms with Gasteiger partial charge in [0.2, 0.25) is 0 Å². The van der Waals surface area contributed by atoms with Crippen molar-refractivity contribution in [3.8, 4) is 28.7 Å². The van der Waals surface area contributed by atoms with Gasteiger partial charge in [-0.3, -0.25) is 0 Å². The van der Waals surface area contributed by atoms with E-state index in [4.69, 9.17) is 4.74 Å². The third-order valence-corrected chi connectivity index (χ3v) is 3.08. The summed E-state index contributed by atoms with van der Waals surface area (Å²) in [6, 6.07) is 7.88. The van der Waals surface area contributed by atoms with Crippen LogP contribution in [0.2, 0.25) is 0 Å². The molecule has 0 saturated heterocycles. The average molecular weight is 276 g/mol. The number of aryl methyl sites for hydroxylation is 2. The van der Waals surface area contributed by atoms with Crippen molar-refractivity contribution in [2.75, 3.05) is 7.11 Å². The lowest BCUT2D eigenvalue weighted by molar-refractivity contribution is 0.367. The largest absolute Gasteiger partial charge is 0.504 e. The first-order valence-electron chi connectivity index (χ1n) is 6.11. The van der Waals surface area contributed by atoms with Gasteiger partial charge in [-0.1, -0.05) is 6.07 Å². The molecule has 2 aromatic rings. The van der Waals surface area contributed by atoms with E-state index in [2.05, 4.69) is 0 Å². The van der Waals surface area contributed by atoms with E-state index < -0.39 is 5.75 Å². The van der Waals surface area contributed by atoms with E-state index in [-0.39, 0.29) is 17.2 Å². The van der Waals surface area contributed by atoms with Crippen LogP contribution in [0.25, 0.3) is 0 Å². The van der Waals surface area contributed by atoms with Crippen LogP contribution >= 0.6 is 0 Å². The number of methoxy groups -OCH3 is 1. The number of rotatable bonds is 4. The SMILES string of the molecule is COc1cc(CCc2cc(O)c(O)c(O)c2)ccc1O. The minimum absolute atomic E-state index is 0.0798. The third kappa shape index (κ3) is 2.88. The molecule has 0 spiro atoms. The molecule has 0 unspecified atom stereocenters. The maximum atomic E-state index is 9.50. The molecule has 20 heavy (non-hydrogen) atoms. The van der Waals surface area contributed by atoms with Gasteiger partial charge in [-0.25, -0.2) is 0 Å². The molecule has 0 aromatic heterocycles. The number of hydrogen-bond donors (Lipinski definition) is 4. The van der Waals surface area contributed by atoms with Gasteiger partial charge in [0.15, 0.2) is 28.7 Å². The number of aromatic hydroxyl groups is 4. The van der Waals surface area contributed by atoms with Crippen molar-refractivity contribution >= 4 is 0 Å². The molecule has 0 heterocycles. The van der Waals surface area contributed by atoms with Gasteiger partial charge in [-0.05, 0) is 48.2 Å². The number of phenolic OH excluding ortho intramolecular Hbond substituents is 4. The minimum atomic E-state index is -0.514. The molecule has 0 saturated carbocycles. The second kappa shape index (κ2) is 5.61. The Balaban J connectivity index is 2.13. The standard InChI is InChI=1S/C15H16O5/c1-20-14-8-9(4-5-11(14)16)2-3-10-6-12(17)15(19)13(18)7-10/h4-8,16-19H,2-3H2,1H3. The zero-order valence-electron chi connectivity index (χ0n) is 11.0. The van der Waals surface area contributed by atoms with Crippen molar-refractivity contribution in [2.24, 2.45) is 0 Å². The highest BCUT2D eigenvalue weighted by Crippen LogP contribution is 2.35. The molecule has 0 atom stereocenters. The van der Waals surface area contributed by atoms with Gasteiger partial charge in [0.25, 0.3) is 0 Å². The molecule has 0 aliphatic rings. The van der Waals surface area contributed by atoms with Gasteiger partial charge in [0.05, 0.1) is 7.11 Å². The predicted molar refractivity (Wildman–Crippen MR) is 73.5 cm³/mol. The van der Waals surface area contributed by atoms with Crippen molar-refractivity contribution in [3.05, 3.63) is 41.5 Å². The zero-order chi connectivity index (χ0) is 14.7. The average Bonchev–Trinajstić information content (AvgIpc) is 2.43. The van der Waals surface area contributed by atoms with Gasteiger partial charge in [0, 0.05) is 0 Å². The summed E-state index contributed by atoms with van der Waals surface area (Å²) < 4.78 is 5.03. The molecule has 0 fully saturated rings. The van der Waals surface area contributed by atoms with E-state index in [9.17, 15) is 20.4 Å². The number of hydrogen-bond acceptors (Lipinski definition) is 5. The fraction of sp³-hybridized carbons (Fsp3) is 0.200. The van der Waals surface area contributed by atoms with Gasteiger partial charge in [0.1, 0.15) is 0 Å². The quantitative estimate of drug-likeness (QED) is 0.643. The van der Waals surface area contributed by atoms with Crippen LogP contribution in [0.15, 0.2) is 30.3 Å². The van der Waals surface area contributed by atoms with Crippen LogP contribution in [-0.2, 0) is 12.8 Å². The van der Waals surface area contributed by atoms with Crippen LogP contribution < -0.4 is 4.74 Å². The molecule has 0 aliphatic carbocycles. The Bertz CT molecular complexity index is 599. The molecule has 2 aromatic carbocycles. The Hall–Kier alpha value is -2.56. The smallest absolute Gasteiger partial charge is 0.200 e. The summed E-state index contributed by atoms with van der Waals surface area (Å²) in [6.45, 7) is 0. The van der Waals surface area contributed by atoms with E-state index in [1.165, 1.54) is 19.2 Å². The Morgan fingerprint density at radius 1 is 0.800 bits per heavy atom. The summed E-state index contributed by atoms with van der Waals surface area (Å²) in [4.78, 5) is 0. The van der Waals surface area contributed by atoms with Crippen molar-refractivity contribution in [1.29, 1.82) is 0 Å². The van der Waals surface area contributed by atoms with Crippen LogP contribution in [-0.4, -0.2) is 27.5 Å². The monoisotopic (exact) mass is 276 g/mol. The molecule has 106 valence electrons. The lowest BCUT2D eigenvalue weighted by atomic mass is 10.0. The molecule has 2 rings (SSSR count). The number of phenols is 4. The summed E-state index contributed by atoms with van der Waals surface area (Å²) in [5.41, 5.74) is 1.65. The Labute approximate surface area is 116 Å². The summed E-state index contributed by atoms with van der Waals surface area (Å²) >= 11 is 0. The van der Waals surface area contributed by atoms with Gasteiger partial charge < -0.3 is 25.2 Å². The maximum absolute atomic E-state index is 9.50. The molecule has 0 bridgehead atoms. The maximum Gasteiger partial charge on any atom is 0.200 e. The van der Waals surface area contributed by atoms with Gasteiger partial charge in [-0.2, -0.15) is 0 Å². The van der Waals surface area contributed by atoms with Crippen molar-refractivity contribution in [1.82, 2.24) is 0 Å². The second-order valence-corrected chi connectivity index (χ2v) is 4.49. The molecule has 0 radical (unpaired) electrons. The lowest BCUT2D eigenvalue weighted by Gasteiger charge is -2.08. The summed E-state index contributed by atoms with van der Waals surface area (Å²) in [7, 11) is 1.48. The van der Waals surface area contributed by atoms with Crippen LogP contribution in [0.5, 0.6) is 28.7 Å². The predicted octanol–water partition coefficient (Wildman–Crippen LogP) is 2.30. The van der Waals surface area contributed by atoms with Crippen molar-refractivity contribution in [3.63, 3.8) is 0 Å². The molecule has 5 heteroatoms. The van der Waals surface area contributed by atoms with E-state index in [0.717, 1.165) is 5.56 Å². The van der Waals surface area contributed by atoms with Gasteiger partial charge in [-0.15, -0.1) is 0 Å². The summed E-state index contributed by atoms with van der Waals surface area (Å²) in [6.07, 6.45) is 1.20. The van der Waals surface area contributed by atoms with Crippen molar-refractivity contribution < 1.29 is 25.2 Å². The third-order valence-electron chi connectivity index (χ3n) is 3.08. The first kappa shape index (κ1) is 13.9. The van der Waals surface area contributed by atoms with Crippen LogP contribution in [0, 0.1) is 0 Å². The summed E-state index contributed by atoms with van der Waals surface area (Å²) in [5, 5.41) is 37.6. The highest BCUT2D eigenvalue weighted by Gasteiger charge is 2.09. The van der Waals surface area contributed by atoms with Crippen LogP contribution in [0.1, 0.15) is 11.1 Å².